The molecular weight excluding hydrogens is 332 g/mol. The van der Waals surface area contributed by atoms with E-state index < -0.39 is 5.97 Å². The molecule has 3 rings (SSSR count). The molecule has 1 saturated heterocycles. The van der Waals surface area contributed by atoms with Gasteiger partial charge in [0.15, 0.2) is 0 Å². The lowest BCUT2D eigenvalue weighted by Crippen LogP contribution is -2.43. The predicted octanol–water partition coefficient (Wildman–Crippen LogP) is 2.75. The topological polar surface area (TPSA) is 86.7 Å². The van der Waals surface area contributed by atoms with E-state index in [0.29, 0.717) is 19.3 Å². The highest BCUT2D eigenvalue weighted by molar-refractivity contribution is 5.99. The van der Waals surface area contributed by atoms with Crippen LogP contribution in [0.5, 0.6) is 0 Å². The summed E-state index contributed by atoms with van der Waals surface area (Å²) in [5.74, 6) is -0.629. The molecule has 6 heteroatoms. The molecule has 6 nitrogen and oxygen atoms in total. The Labute approximate surface area is 153 Å². The van der Waals surface area contributed by atoms with Crippen LogP contribution in [0.1, 0.15) is 56.1 Å². The van der Waals surface area contributed by atoms with Crippen LogP contribution in [0, 0.1) is 0 Å². The van der Waals surface area contributed by atoms with Crippen molar-refractivity contribution in [3.8, 4) is 0 Å². The first kappa shape index (κ1) is 18.4. The highest BCUT2D eigenvalue weighted by atomic mass is 16.4. The van der Waals surface area contributed by atoms with Gasteiger partial charge >= 0.3 is 5.97 Å². The van der Waals surface area contributed by atoms with E-state index in [-0.39, 0.29) is 24.3 Å². The van der Waals surface area contributed by atoms with Gasteiger partial charge in [0.2, 0.25) is 11.8 Å². The Bertz CT molecular complexity index is 701. The quantitative estimate of drug-likeness (QED) is 0.785. The molecule has 2 heterocycles. The smallest absolute Gasteiger partial charge is 0.303 e. The van der Waals surface area contributed by atoms with Gasteiger partial charge in [-0.1, -0.05) is 12.1 Å². The van der Waals surface area contributed by atoms with Crippen molar-refractivity contribution in [3.05, 3.63) is 29.3 Å². The minimum atomic E-state index is -0.799. The Kier molecular flexibility index (Phi) is 5.91. The number of nitrogens with one attached hydrogen (secondary N) is 1. The van der Waals surface area contributed by atoms with Crippen LogP contribution in [0.15, 0.2) is 18.2 Å². The number of hydrogen-bond acceptors (Lipinski definition) is 3. The van der Waals surface area contributed by atoms with Crippen LogP contribution in [0.3, 0.4) is 0 Å². The molecule has 1 aromatic rings. The molecule has 2 aliphatic rings. The summed E-state index contributed by atoms with van der Waals surface area (Å²) in [6.07, 6.45) is 6.13. The number of amides is 2. The first-order valence-electron chi connectivity index (χ1n) is 9.46. The number of hydrogen-bond donors (Lipinski definition) is 2. The van der Waals surface area contributed by atoms with E-state index in [1.54, 1.807) is 0 Å². The number of nitrogens with zero attached hydrogens (tertiary/aromatic N) is 1. The van der Waals surface area contributed by atoms with Gasteiger partial charge in [0, 0.05) is 31.1 Å². The van der Waals surface area contributed by atoms with E-state index in [1.165, 1.54) is 0 Å². The van der Waals surface area contributed by atoms with Crippen molar-refractivity contribution in [3.63, 3.8) is 0 Å². The van der Waals surface area contributed by atoms with E-state index in [2.05, 4.69) is 5.32 Å². The summed E-state index contributed by atoms with van der Waals surface area (Å²) in [4.78, 5) is 36.7. The largest absolute Gasteiger partial charge is 0.481 e. The number of carboxylic acid groups (broad SMARTS) is 1. The molecule has 2 aliphatic heterocycles. The van der Waals surface area contributed by atoms with Gasteiger partial charge in [0.05, 0.1) is 6.42 Å². The number of benzene rings is 1. The first-order chi connectivity index (χ1) is 12.5. The molecule has 140 valence electrons. The number of anilines is 1. The summed E-state index contributed by atoms with van der Waals surface area (Å²) >= 11 is 0. The fourth-order valence-electron chi connectivity index (χ4n) is 3.94. The number of likely N-dealkylation sites (tertiary alicyclic amines) is 1. The number of piperidine rings is 1. The van der Waals surface area contributed by atoms with Crippen molar-refractivity contribution in [2.24, 2.45) is 0 Å². The summed E-state index contributed by atoms with van der Waals surface area (Å²) in [6.45, 7) is 0.746. The Morgan fingerprint density at radius 1 is 1.23 bits per heavy atom. The van der Waals surface area contributed by atoms with Crippen molar-refractivity contribution in [2.45, 2.75) is 63.8 Å². The highest BCUT2D eigenvalue weighted by Crippen LogP contribution is 2.25. The van der Waals surface area contributed by atoms with Crippen LogP contribution in [-0.2, 0) is 27.2 Å². The molecule has 0 aromatic heterocycles. The van der Waals surface area contributed by atoms with Gasteiger partial charge in [0.25, 0.3) is 0 Å². The highest BCUT2D eigenvalue weighted by Gasteiger charge is 2.26. The van der Waals surface area contributed by atoms with Crippen molar-refractivity contribution >= 4 is 23.5 Å². The van der Waals surface area contributed by atoms with Crippen LogP contribution in [0.25, 0.3) is 0 Å². The average molecular weight is 358 g/mol. The fraction of sp³-hybridized carbons (Fsp3) is 0.550. The number of carbonyl (C=O) groups excluding carboxylic acids is 2. The van der Waals surface area contributed by atoms with Crippen LogP contribution < -0.4 is 5.32 Å². The Hall–Kier alpha value is -2.37. The molecule has 1 fully saturated rings. The van der Waals surface area contributed by atoms with Gasteiger partial charge < -0.3 is 15.3 Å². The third-order valence-corrected chi connectivity index (χ3v) is 5.29. The van der Waals surface area contributed by atoms with Crippen molar-refractivity contribution < 1.29 is 19.5 Å². The zero-order chi connectivity index (χ0) is 18.5. The monoisotopic (exact) mass is 358 g/mol. The maximum Gasteiger partial charge on any atom is 0.303 e. The zero-order valence-corrected chi connectivity index (χ0v) is 15.0. The molecule has 0 aliphatic carbocycles. The van der Waals surface area contributed by atoms with E-state index in [4.69, 9.17) is 5.11 Å². The molecule has 1 unspecified atom stereocenters. The number of carbonyl (C=O) groups is 3. The van der Waals surface area contributed by atoms with Crippen molar-refractivity contribution in [1.29, 1.82) is 0 Å². The lowest BCUT2D eigenvalue weighted by Gasteiger charge is -2.35. The number of rotatable bonds is 7. The lowest BCUT2D eigenvalue weighted by molar-refractivity contribution is -0.140. The second kappa shape index (κ2) is 8.34. The third kappa shape index (κ3) is 4.62. The summed E-state index contributed by atoms with van der Waals surface area (Å²) < 4.78 is 0. The molecule has 0 bridgehead atoms. The fourth-order valence-corrected chi connectivity index (χ4v) is 3.94. The van der Waals surface area contributed by atoms with Gasteiger partial charge in [-0.25, -0.2) is 0 Å². The number of aryl methyl sites for hydroxylation is 1. The second-order valence-corrected chi connectivity index (χ2v) is 7.24. The summed E-state index contributed by atoms with van der Waals surface area (Å²) in [7, 11) is 0. The van der Waals surface area contributed by atoms with Crippen LogP contribution in [-0.4, -0.2) is 40.4 Å². The molecule has 0 spiro atoms. The van der Waals surface area contributed by atoms with E-state index in [0.717, 1.165) is 55.5 Å². The standard InChI is InChI=1S/C20H26N2O4/c23-18-13-15-12-14(7-9-17(15)21-18)4-3-6-19(24)22-11-2-1-5-16(22)8-10-20(25)26/h7,9,12,16H,1-6,8,10-11,13H2,(H,21,23)(H,25,26). The van der Waals surface area contributed by atoms with Crippen molar-refractivity contribution in [1.82, 2.24) is 4.90 Å². The maximum absolute atomic E-state index is 12.6. The summed E-state index contributed by atoms with van der Waals surface area (Å²) in [5, 5.41) is 11.7. The number of carboxylic acids is 1. The summed E-state index contributed by atoms with van der Waals surface area (Å²) in [5.41, 5.74) is 3.07. The van der Waals surface area contributed by atoms with Gasteiger partial charge in [0.1, 0.15) is 0 Å². The maximum atomic E-state index is 12.6. The molecule has 0 saturated carbocycles. The molecule has 2 amide bonds. The average Bonchev–Trinajstić information content (AvgIpc) is 2.99. The Morgan fingerprint density at radius 2 is 2.08 bits per heavy atom. The summed E-state index contributed by atoms with van der Waals surface area (Å²) in [6, 6.07) is 6.06. The van der Waals surface area contributed by atoms with Crippen LogP contribution in [0.4, 0.5) is 5.69 Å². The van der Waals surface area contributed by atoms with E-state index >= 15 is 0 Å². The second-order valence-electron chi connectivity index (χ2n) is 7.24. The minimum Gasteiger partial charge on any atom is -0.481 e. The first-order valence-corrected chi connectivity index (χ1v) is 9.46. The van der Waals surface area contributed by atoms with Crippen molar-refractivity contribution in [2.75, 3.05) is 11.9 Å². The minimum absolute atomic E-state index is 0.0322. The molecule has 1 aromatic carbocycles. The third-order valence-electron chi connectivity index (χ3n) is 5.29. The SMILES string of the molecule is O=C(O)CCC1CCCCN1C(=O)CCCc1ccc2c(c1)CC(=O)N2. The number of fused-ring (bicyclic) bond motifs is 1. The van der Waals surface area contributed by atoms with E-state index in [9.17, 15) is 14.4 Å². The van der Waals surface area contributed by atoms with Gasteiger partial charge in [-0.3, -0.25) is 14.4 Å². The van der Waals surface area contributed by atoms with Crippen LogP contribution in [0.2, 0.25) is 0 Å². The van der Waals surface area contributed by atoms with Gasteiger partial charge in [-0.15, -0.1) is 0 Å². The Balaban J connectivity index is 1.49. The molecule has 2 N–H and O–H groups in total. The molecular formula is C20H26N2O4. The lowest BCUT2D eigenvalue weighted by atomic mass is 9.97. The Morgan fingerprint density at radius 3 is 2.88 bits per heavy atom. The molecule has 1 atom stereocenters. The van der Waals surface area contributed by atoms with Gasteiger partial charge in [-0.05, 0) is 55.7 Å². The predicted molar refractivity (Wildman–Crippen MR) is 97.9 cm³/mol. The molecule has 0 radical (unpaired) electrons. The molecule has 26 heavy (non-hydrogen) atoms. The van der Waals surface area contributed by atoms with Gasteiger partial charge in [-0.2, -0.15) is 0 Å². The normalized spacial score (nSPS) is 19.2. The van der Waals surface area contributed by atoms with E-state index in [1.807, 2.05) is 23.1 Å². The van der Waals surface area contributed by atoms with Crippen LogP contribution >= 0.6 is 0 Å². The number of aliphatic carboxylic acids is 1. The zero-order valence-electron chi connectivity index (χ0n) is 15.0.